The minimum atomic E-state index is -0.500. The van der Waals surface area contributed by atoms with Gasteiger partial charge < -0.3 is 14.1 Å². The van der Waals surface area contributed by atoms with Crippen LogP contribution in [0.25, 0.3) is 11.5 Å². The van der Waals surface area contributed by atoms with Gasteiger partial charge in [-0.3, -0.25) is 10.1 Å². The number of para-hydroxylation sites is 1. The van der Waals surface area contributed by atoms with Crippen molar-refractivity contribution in [3.63, 3.8) is 0 Å². The molecule has 8 nitrogen and oxygen atoms in total. The van der Waals surface area contributed by atoms with Crippen LogP contribution in [0.2, 0.25) is 0 Å². The van der Waals surface area contributed by atoms with Crippen LogP contribution in [0.3, 0.4) is 0 Å². The molecule has 0 spiro atoms. The number of nitro groups is 1. The number of ether oxygens (including phenoxy) is 1. The number of nitriles is 1. The lowest BCUT2D eigenvalue weighted by molar-refractivity contribution is -0.384. The van der Waals surface area contributed by atoms with Crippen LogP contribution in [0.5, 0.6) is 0 Å². The van der Waals surface area contributed by atoms with Gasteiger partial charge in [-0.2, -0.15) is 10.2 Å². The van der Waals surface area contributed by atoms with Gasteiger partial charge in [-0.1, -0.05) is 12.1 Å². The first-order chi connectivity index (χ1) is 10.7. The number of anilines is 1. The van der Waals surface area contributed by atoms with E-state index < -0.39 is 4.92 Å². The molecule has 3 rings (SSSR count). The summed E-state index contributed by atoms with van der Waals surface area (Å²) in [6, 6.07) is 8.13. The second-order valence-corrected chi connectivity index (χ2v) is 4.66. The Morgan fingerprint density at radius 1 is 1.32 bits per heavy atom. The monoisotopic (exact) mass is 300 g/mol. The maximum atomic E-state index is 11.1. The number of aromatic nitrogens is 1. The molecule has 1 saturated heterocycles. The molecular formula is C14H12N4O4. The molecule has 2 heterocycles. The minimum absolute atomic E-state index is 0.0744. The van der Waals surface area contributed by atoms with E-state index in [-0.39, 0.29) is 22.8 Å². The Hall–Kier alpha value is -2.92. The summed E-state index contributed by atoms with van der Waals surface area (Å²) in [5, 5.41) is 20.3. The quantitative estimate of drug-likeness (QED) is 0.630. The summed E-state index contributed by atoms with van der Waals surface area (Å²) in [6.45, 7) is 2.24. The topological polar surface area (TPSA) is 105 Å². The van der Waals surface area contributed by atoms with Gasteiger partial charge in [-0.15, -0.1) is 0 Å². The Morgan fingerprint density at radius 3 is 2.73 bits per heavy atom. The smallest absolute Gasteiger partial charge is 0.282 e. The molecule has 0 amide bonds. The van der Waals surface area contributed by atoms with Crippen LogP contribution < -0.4 is 4.90 Å². The molecule has 1 fully saturated rings. The number of benzene rings is 1. The van der Waals surface area contributed by atoms with Crippen molar-refractivity contribution in [2.45, 2.75) is 0 Å². The molecule has 0 aliphatic carbocycles. The molecule has 0 unspecified atom stereocenters. The van der Waals surface area contributed by atoms with E-state index in [1.807, 2.05) is 11.0 Å². The minimum Gasteiger partial charge on any atom is -0.419 e. The second-order valence-electron chi connectivity index (χ2n) is 4.66. The zero-order valence-corrected chi connectivity index (χ0v) is 11.6. The van der Waals surface area contributed by atoms with Gasteiger partial charge in [-0.25, -0.2) is 0 Å². The Kier molecular flexibility index (Phi) is 3.72. The largest absolute Gasteiger partial charge is 0.419 e. The molecule has 1 aromatic heterocycles. The van der Waals surface area contributed by atoms with Gasteiger partial charge in [0.05, 0.1) is 18.1 Å². The standard InChI is InChI=1S/C14H12N4O4/c15-9-11-14(17-5-7-21-8-6-17)22-13(16-11)10-3-1-2-4-12(10)18(19)20/h1-4H,5-8H2. The molecule has 1 aromatic carbocycles. The van der Waals surface area contributed by atoms with Crippen LogP contribution in [0.15, 0.2) is 28.7 Å². The van der Waals surface area contributed by atoms with Crippen LogP contribution in [0, 0.1) is 21.4 Å². The van der Waals surface area contributed by atoms with Crippen molar-refractivity contribution in [1.82, 2.24) is 4.98 Å². The first-order valence-corrected chi connectivity index (χ1v) is 6.68. The van der Waals surface area contributed by atoms with Crippen LogP contribution in [0.4, 0.5) is 11.6 Å². The predicted molar refractivity (Wildman–Crippen MR) is 76.3 cm³/mol. The summed E-state index contributed by atoms with van der Waals surface area (Å²) in [5.41, 5.74) is 0.264. The highest BCUT2D eigenvalue weighted by atomic mass is 16.6. The van der Waals surface area contributed by atoms with Crippen molar-refractivity contribution in [3.05, 3.63) is 40.1 Å². The molecule has 0 atom stereocenters. The predicted octanol–water partition coefficient (Wildman–Crippen LogP) is 1.96. The van der Waals surface area contributed by atoms with Crippen LogP contribution in [-0.4, -0.2) is 36.2 Å². The summed E-state index contributed by atoms with van der Waals surface area (Å²) in [7, 11) is 0. The van der Waals surface area contributed by atoms with Crippen molar-refractivity contribution in [2.75, 3.05) is 31.2 Å². The van der Waals surface area contributed by atoms with E-state index in [9.17, 15) is 15.4 Å². The molecule has 8 heteroatoms. The average Bonchev–Trinajstić information content (AvgIpc) is 3.00. The lowest BCUT2D eigenvalue weighted by Crippen LogP contribution is -2.36. The molecule has 2 aromatic rings. The van der Waals surface area contributed by atoms with Crippen molar-refractivity contribution in [3.8, 4) is 17.5 Å². The Balaban J connectivity index is 2.04. The Labute approximate surface area is 125 Å². The third-order valence-corrected chi connectivity index (χ3v) is 3.34. The van der Waals surface area contributed by atoms with E-state index in [0.29, 0.717) is 32.2 Å². The van der Waals surface area contributed by atoms with Crippen molar-refractivity contribution in [1.29, 1.82) is 5.26 Å². The number of hydrogen-bond donors (Lipinski definition) is 0. The lowest BCUT2D eigenvalue weighted by Gasteiger charge is -2.25. The molecular weight excluding hydrogens is 288 g/mol. The van der Waals surface area contributed by atoms with Gasteiger partial charge in [0, 0.05) is 19.2 Å². The summed E-state index contributed by atoms with van der Waals surface area (Å²) in [6.07, 6.45) is 0. The Bertz CT molecular complexity index is 744. The van der Waals surface area contributed by atoms with Crippen LogP contribution in [-0.2, 0) is 4.74 Å². The van der Waals surface area contributed by atoms with Crippen molar-refractivity contribution < 1.29 is 14.1 Å². The number of nitrogens with zero attached hydrogens (tertiary/aromatic N) is 4. The van der Waals surface area contributed by atoms with Gasteiger partial charge in [0.15, 0.2) is 0 Å². The van der Waals surface area contributed by atoms with Crippen molar-refractivity contribution >= 4 is 11.6 Å². The summed E-state index contributed by atoms with van der Waals surface area (Å²) in [4.78, 5) is 16.6. The second kappa shape index (κ2) is 5.83. The highest BCUT2D eigenvalue weighted by Gasteiger charge is 2.25. The van der Waals surface area contributed by atoms with Crippen LogP contribution in [0.1, 0.15) is 5.69 Å². The van der Waals surface area contributed by atoms with Gasteiger partial charge in [0.25, 0.3) is 5.69 Å². The van der Waals surface area contributed by atoms with E-state index in [1.165, 1.54) is 6.07 Å². The number of hydrogen-bond acceptors (Lipinski definition) is 7. The van der Waals surface area contributed by atoms with Gasteiger partial charge in [0.2, 0.25) is 17.5 Å². The first-order valence-electron chi connectivity index (χ1n) is 6.68. The van der Waals surface area contributed by atoms with E-state index in [1.54, 1.807) is 18.2 Å². The van der Waals surface area contributed by atoms with E-state index in [4.69, 9.17) is 9.15 Å². The zero-order chi connectivity index (χ0) is 15.5. The van der Waals surface area contributed by atoms with E-state index >= 15 is 0 Å². The third-order valence-electron chi connectivity index (χ3n) is 3.34. The van der Waals surface area contributed by atoms with Gasteiger partial charge in [0.1, 0.15) is 11.6 Å². The molecule has 1 aliphatic rings. The number of rotatable bonds is 3. The molecule has 0 bridgehead atoms. The molecule has 22 heavy (non-hydrogen) atoms. The average molecular weight is 300 g/mol. The highest BCUT2D eigenvalue weighted by Crippen LogP contribution is 2.33. The molecule has 1 aliphatic heterocycles. The maximum absolute atomic E-state index is 11.1. The fraction of sp³-hybridized carbons (Fsp3) is 0.286. The lowest BCUT2D eigenvalue weighted by atomic mass is 10.2. The molecule has 112 valence electrons. The van der Waals surface area contributed by atoms with Gasteiger partial charge >= 0.3 is 0 Å². The molecule has 0 radical (unpaired) electrons. The van der Waals surface area contributed by atoms with Crippen molar-refractivity contribution in [2.24, 2.45) is 0 Å². The van der Waals surface area contributed by atoms with Crippen LogP contribution >= 0.6 is 0 Å². The van der Waals surface area contributed by atoms with Gasteiger partial charge in [-0.05, 0) is 6.07 Å². The molecule has 0 N–H and O–H groups in total. The summed E-state index contributed by atoms with van der Waals surface area (Å²) in [5.74, 6) is 0.407. The Morgan fingerprint density at radius 2 is 2.05 bits per heavy atom. The maximum Gasteiger partial charge on any atom is 0.282 e. The normalized spacial score (nSPS) is 14.6. The number of oxazole rings is 1. The first kappa shape index (κ1) is 14.0. The number of morpholine rings is 1. The molecule has 0 saturated carbocycles. The fourth-order valence-corrected chi connectivity index (χ4v) is 2.29. The van der Waals surface area contributed by atoms with E-state index in [0.717, 1.165) is 0 Å². The third kappa shape index (κ3) is 2.49. The number of nitro benzene ring substituents is 1. The SMILES string of the molecule is N#Cc1nc(-c2ccccc2[N+](=O)[O-])oc1N1CCOCC1. The zero-order valence-electron chi connectivity index (χ0n) is 11.6. The summed E-state index contributed by atoms with van der Waals surface area (Å²) >= 11 is 0. The summed E-state index contributed by atoms with van der Waals surface area (Å²) < 4.78 is 10.9. The van der Waals surface area contributed by atoms with E-state index in [2.05, 4.69) is 4.98 Å². The fourth-order valence-electron chi connectivity index (χ4n) is 2.29. The highest BCUT2D eigenvalue weighted by molar-refractivity contribution is 5.68.